The van der Waals surface area contributed by atoms with Crippen molar-refractivity contribution in [2.24, 2.45) is 0 Å². The highest BCUT2D eigenvalue weighted by atomic mass is 32.2. The maximum absolute atomic E-state index is 11.7. The molecule has 0 aliphatic rings. The third kappa shape index (κ3) is 9.47. The number of esters is 1. The predicted octanol–water partition coefficient (Wildman–Crippen LogP) is 1.05. The SMILES string of the molecule is CCOC(=O)CCN(SN(C)C(=O)OSNC(=O)C(=O)O)C(C)C. The second kappa shape index (κ2) is 11.8. The highest BCUT2D eigenvalue weighted by Crippen LogP contribution is 2.20. The number of nitrogens with one attached hydrogen (secondary N) is 1. The molecule has 0 spiro atoms. The Labute approximate surface area is 148 Å². The van der Waals surface area contributed by atoms with Gasteiger partial charge in [-0.2, -0.15) is 0 Å². The first-order valence-corrected chi connectivity index (χ1v) is 8.41. The van der Waals surface area contributed by atoms with Crippen LogP contribution >= 0.6 is 24.4 Å². The molecule has 0 aliphatic carbocycles. The summed E-state index contributed by atoms with van der Waals surface area (Å²) in [6.07, 6.45) is -0.636. The molecule has 0 aromatic rings. The van der Waals surface area contributed by atoms with E-state index in [0.717, 1.165) is 16.4 Å². The molecule has 0 aromatic carbocycles. The number of hydrogen-bond donors (Lipinski definition) is 2. The Morgan fingerprint density at radius 1 is 1.25 bits per heavy atom. The molecule has 0 aliphatic heterocycles. The van der Waals surface area contributed by atoms with Crippen molar-refractivity contribution in [3.63, 3.8) is 0 Å². The first-order valence-electron chi connectivity index (χ1n) is 6.93. The van der Waals surface area contributed by atoms with E-state index in [1.807, 2.05) is 18.6 Å². The standard InChI is InChI=1S/C12H21N3O7S2/c1-5-21-9(16)6-7-15(8(2)3)24-14(4)12(20)22-23-13-10(17)11(18)19/h8H,5-7H2,1-4H3,(H,13,17)(H,18,19). The highest BCUT2D eigenvalue weighted by Gasteiger charge is 2.21. The molecule has 2 N–H and O–H groups in total. The molecular formula is C12H21N3O7S2. The van der Waals surface area contributed by atoms with Crippen LogP contribution < -0.4 is 4.72 Å². The first kappa shape index (κ1) is 22.3. The summed E-state index contributed by atoms with van der Waals surface area (Å²) in [5, 5.41) is 8.35. The van der Waals surface area contributed by atoms with Gasteiger partial charge in [-0.1, -0.05) is 0 Å². The summed E-state index contributed by atoms with van der Waals surface area (Å²) in [7, 11) is 1.44. The Hall–Kier alpha value is -1.66. The van der Waals surface area contributed by atoms with E-state index < -0.39 is 18.0 Å². The van der Waals surface area contributed by atoms with Gasteiger partial charge in [0.15, 0.2) is 12.2 Å². The van der Waals surface area contributed by atoms with Gasteiger partial charge in [0, 0.05) is 31.8 Å². The molecule has 24 heavy (non-hydrogen) atoms. The Morgan fingerprint density at radius 2 is 1.88 bits per heavy atom. The zero-order valence-corrected chi connectivity index (χ0v) is 15.4. The maximum atomic E-state index is 11.7. The second-order valence-corrected chi connectivity index (χ2v) is 6.25. The summed E-state index contributed by atoms with van der Waals surface area (Å²) in [6, 6.07) is 0.0269. The summed E-state index contributed by atoms with van der Waals surface area (Å²) in [5.74, 6) is -3.33. The Morgan fingerprint density at radius 3 is 2.38 bits per heavy atom. The van der Waals surface area contributed by atoms with E-state index in [2.05, 4.69) is 4.18 Å². The van der Waals surface area contributed by atoms with Crippen molar-refractivity contribution in [1.82, 2.24) is 13.3 Å². The first-order chi connectivity index (χ1) is 11.2. The van der Waals surface area contributed by atoms with Crippen LogP contribution in [0.4, 0.5) is 4.79 Å². The van der Waals surface area contributed by atoms with Crippen LogP contribution in [0, 0.1) is 0 Å². The highest BCUT2D eigenvalue weighted by molar-refractivity contribution is 7.95. The number of carboxylic acid groups (broad SMARTS) is 1. The fraction of sp³-hybridized carbons (Fsp3) is 0.667. The Kier molecular flexibility index (Phi) is 11.0. The smallest absolute Gasteiger partial charge is 0.434 e. The minimum absolute atomic E-state index is 0.0269. The lowest BCUT2D eigenvalue weighted by Gasteiger charge is -2.27. The van der Waals surface area contributed by atoms with Gasteiger partial charge in [-0.3, -0.25) is 14.3 Å². The van der Waals surface area contributed by atoms with E-state index in [0.29, 0.717) is 13.2 Å². The molecule has 0 radical (unpaired) electrons. The van der Waals surface area contributed by atoms with Crippen molar-refractivity contribution in [2.75, 3.05) is 20.2 Å². The number of carbonyl (C=O) groups excluding carboxylic acids is 3. The fourth-order valence-corrected chi connectivity index (χ4v) is 2.42. The van der Waals surface area contributed by atoms with Crippen LogP contribution in [-0.2, 0) is 23.3 Å². The number of rotatable bonds is 9. The molecule has 0 heterocycles. The monoisotopic (exact) mass is 383 g/mol. The molecule has 0 bridgehead atoms. The average molecular weight is 383 g/mol. The van der Waals surface area contributed by atoms with E-state index >= 15 is 0 Å². The predicted molar refractivity (Wildman–Crippen MR) is 88.3 cm³/mol. The fourth-order valence-electron chi connectivity index (χ4n) is 1.21. The zero-order chi connectivity index (χ0) is 18.7. The summed E-state index contributed by atoms with van der Waals surface area (Å²) < 4.78 is 14.2. The number of hydrogen-bond acceptors (Lipinski definition) is 9. The topological polar surface area (TPSA) is 125 Å². The lowest BCUT2D eigenvalue weighted by molar-refractivity contribution is -0.149. The summed E-state index contributed by atoms with van der Waals surface area (Å²) in [4.78, 5) is 44.2. The largest absolute Gasteiger partial charge is 0.474 e. The van der Waals surface area contributed by atoms with E-state index in [-0.39, 0.29) is 30.7 Å². The second-order valence-electron chi connectivity index (χ2n) is 4.54. The summed E-state index contributed by atoms with van der Waals surface area (Å²) >= 11 is 1.24. The normalized spacial score (nSPS) is 10.4. The molecule has 138 valence electrons. The molecule has 0 saturated heterocycles. The molecule has 0 saturated carbocycles. The minimum Gasteiger partial charge on any atom is -0.474 e. The minimum atomic E-state index is -1.69. The van der Waals surface area contributed by atoms with Gasteiger partial charge < -0.3 is 14.0 Å². The Balaban J connectivity index is 4.32. The number of carboxylic acids is 1. The van der Waals surface area contributed by atoms with Gasteiger partial charge in [0.1, 0.15) is 0 Å². The van der Waals surface area contributed by atoms with Crippen molar-refractivity contribution < 1.29 is 33.2 Å². The van der Waals surface area contributed by atoms with Crippen LogP contribution in [0.2, 0.25) is 0 Å². The molecule has 0 unspecified atom stereocenters. The van der Waals surface area contributed by atoms with Gasteiger partial charge >= 0.3 is 23.9 Å². The van der Waals surface area contributed by atoms with E-state index in [1.165, 1.54) is 7.05 Å². The van der Waals surface area contributed by atoms with Crippen molar-refractivity contribution in [1.29, 1.82) is 0 Å². The van der Waals surface area contributed by atoms with Crippen LogP contribution in [0.15, 0.2) is 0 Å². The van der Waals surface area contributed by atoms with Gasteiger partial charge in [0.05, 0.1) is 13.0 Å². The van der Waals surface area contributed by atoms with Gasteiger partial charge in [-0.15, -0.1) is 0 Å². The Bertz CT molecular complexity index is 462. The molecule has 10 nitrogen and oxygen atoms in total. The van der Waals surface area contributed by atoms with Gasteiger partial charge in [0.25, 0.3) is 0 Å². The van der Waals surface area contributed by atoms with Crippen molar-refractivity contribution >= 4 is 48.3 Å². The molecule has 0 rings (SSSR count). The molecule has 12 heteroatoms. The van der Waals surface area contributed by atoms with Crippen LogP contribution in [0.5, 0.6) is 0 Å². The van der Waals surface area contributed by atoms with Crippen LogP contribution in [-0.4, -0.2) is 63.9 Å². The molecule has 2 amide bonds. The third-order valence-corrected chi connectivity index (χ3v) is 4.05. The quantitative estimate of drug-likeness (QED) is 0.258. The van der Waals surface area contributed by atoms with E-state index in [1.54, 1.807) is 11.2 Å². The lowest BCUT2D eigenvalue weighted by atomic mass is 10.3. The van der Waals surface area contributed by atoms with Crippen molar-refractivity contribution in [3.8, 4) is 0 Å². The number of amides is 2. The van der Waals surface area contributed by atoms with Crippen molar-refractivity contribution in [2.45, 2.75) is 33.2 Å². The van der Waals surface area contributed by atoms with Crippen LogP contribution in [0.25, 0.3) is 0 Å². The number of carbonyl (C=O) groups is 4. The maximum Gasteiger partial charge on any atom is 0.434 e. The van der Waals surface area contributed by atoms with E-state index in [4.69, 9.17) is 9.84 Å². The summed E-state index contributed by atoms with van der Waals surface area (Å²) in [5.41, 5.74) is 0. The van der Waals surface area contributed by atoms with Gasteiger partial charge in [-0.05, 0) is 20.8 Å². The van der Waals surface area contributed by atoms with Crippen molar-refractivity contribution in [3.05, 3.63) is 0 Å². The number of nitrogens with zero attached hydrogens (tertiary/aromatic N) is 2. The van der Waals surface area contributed by atoms with Gasteiger partial charge in [-0.25, -0.2) is 18.2 Å². The molecule has 0 aromatic heterocycles. The lowest BCUT2D eigenvalue weighted by Crippen LogP contribution is -2.33. The summed E-state index contributed by atoms with van der Waals surface area (Å²) in [6.45, 7) is 6.16. The average Bonchev–Trinajstić information content (AvgIpc) is 2.50. The van der Waals surface area contributed by atoms with Gasteiger partial charge in [0.2, 0.25) is 0 Å². The molecular weight excluding hydrogens is 362 g/mol. The zero-order valence-electron chi connectivity index (χ0n) is 13.8. The number of ether oxygens (including phenoxy) is 1. The van der Waals surface area contributed by atoms with Crippen LogP contribution in [0.1, 0.15) is 27.2 Å². The molecule has 0 atom stereocenters. The van der Waals surface area contributed by atoms with Crippen LogP contribution in [0.3, 0.4) is 0 Å². The number of aliphatic carboxylic acids is 1. The van der Waals surface area contributed by atoms with E-state index in [9.17, 15) is 19.2 Å². The third-order valence-electron chi connectivity index (χ3n) is 2.34. The molecule has 0 fully saturated rings.